The SMILES string of the molecule is CCN(CC)[C@H]1CCN(C(=O)O)C1.Cl.Cl. The summed E-state index contributed by atoms with van der Waals surface area (Å²) in [5.74, 6) is 0. The molecule has 1 atom stereocenters. The van der Waals surface area contributed by atoms with Crippen LogP contribution in [0.4, 0.5) is 4.79 Å². The van der Waals surface area contributed by atoms with Gasteiger partial charge in [-0.1, -0.05) is 13.8 Å². The van der Waals surface area contributed by atoms with Crippen LogP contribution in [0.1, 0.15) is 20.3 Å². The maximum absolute atomic E-state index is 10.7. The van der Waals surface area contributed by atoms with E-state index in [1.807, 2.05) is 0 Å². The van der Waals surface area contributed by atoms with Crippen LogP contribution >= 0.6 is 24.8 Å². The Balaban J connectivity index is 0. The van der Waals surface area contributed by atoms with Gasteiger partial charge >= 0.3 is 6.09 Å². The van der Waals surface area contributed by atoms with Crippen LogP contribution in [0.25, 0.3) is 0 Å². The minimum absolute atomic E-state index is 0. The predicted octanol–water partition coefficient (Wildman–Crippen LogP) is 1.92. The standard InChI is InChI=1S/C9H18N2O2.2ClH/c1-3-10(4-2)8-5-6-11(7-8)9(12)13;;/h8H,3-7H2,1-2H3,(H,12,13);2*1H/t8-;;/m0../s1. The fraction of sp³-hybridized carbons (Fsp3) is 0.889. The molecule has 0 aliphatic carbocycles. The first kappa shape index (κ1) is 17.2. The Labute approximate surface area is 103 Å². The van der Waals surface area contributed by atoms with Gasteiger partial charge in [0.2, 0.25) is 0 Å². The summed E-state index contributed by atoms with van der Waals surface area (Å²) in [5, 5.41) is 8.77. The van der Waals surface area contributed by atoms with Crippen LogP contribution in [0, 0.1) is 0 Å². The predicted molar refractivity (Wildman–Crippen MR) is 65.4 cm³/mol. The van der Waals surface area contributed by atoms with Gasteiger partial charge in [0, 0.05) is 19.1 Å². The molecule has 0 unspecified atom stereocenters. The Hall–Kier alpha value is -0.190. The van der Waals surface area contributed by atoms with Crippen molar-refractivity contribution in [2.24, 2.45) is 0 Å². The molecule has 15 heavy (non-hydrogen) atoms. The highest BCUT2D eigenvalue weighted by Crippen LogP contribution is 2.14. The zero-order valence-electron chi connectivity index (χ0n) is 9.18. The molecular formula is C9H20Cl2N2O2. The van der Waals surface area contributed by atoms with Crippen molar-refractivity contribution in [1.82, 2.24) is 9.80 Å². The number of rotatable bonds is 3. The van der Waals surface area contributed by atoms with E-state index in [2.05, 4.69) is 18.7 Å². The Morgan fingerprint density at radius 2 is 1.93 bits per heavy atom. The van der Waals surface area contributed by atoms with Gasteiger partial charge in [-0.15, -0.1) is 24.8 Å². The van der Waals surface area contributed by atoms with Crippen LogP contribution in [0.2, 0.25) is 0 Å². The van der Waals surface area contributed by atoms with Crippen molar-refractivity contribution in [3.05, 3.63) is 0 Å². The first-order chi connectivity index (χ1) is 6.19. The van der Waals surface area contributed by atoms with Gasteiger partial charge in [0.05, 0.1) is 0 Å². The maximum atomic E-state index is 10.7. The van der Waals surface area contributed by atoms with E-state index in [4.69, 9.17) is 5.11 Å². The lowest BCUT2D eigenvalue weighted by molar-refractivity contribution is 0.148. The van der Waals surface area contributed by atoms with E-state index in [0.717, 1.165) is 19.5 Å². The first-order valence-corrected chi connectivity index (χ1v) is 4.91. The van der Waals surface area contributed by atoms with E-state index >= 15 is 0 Å². The lowest BCUT2D eigenvalue weighted by Gasteiger charge is -2.25. The molecule has 1 fully saturated rings. The Morgan fingerprint density at radius 3 is 2.27 bits per heavy atom. The van der Waals surface area contributed by atoms with Crippen molar-refractivity contribution < 1.29 is 9.90 Å². The minimum atomic E-state index is -0.783. The number of hydrogen-bond donors (Lipinski definition) is 1. The number of halogens is 2. The van der Waals surface area contributed by atoms with Crippen LogP contribution in [0.3, 0.4) is 0 Å². The van der Waals surface area contributed by atoms with Gasteiger partial charge in [-0.25, -0.2) is 4.79 Å². The highest BCUT2D eigenvalue weighted by atomic mass is 35.5. The zero-order valence-corrected chi connectivity index (χ0v) is 10.8. The first-order valence-electron chi connectivity index (χ1n) is 4.91. The summed E-state index contributed by atoms with van der Waals surface area (Å²) in [6, 6.07) is 0.436. The second kappa shape index (κ2) is 8.02. The van der Waals surface area contributed by atoms with Crippen molar-refractivity contribution >= 4 is 30.9 Å². The number of amides is 1. The molecule has 0 spiro atoms. The molecule has 1 aliphatic heterocycles. The maximum Gasteiger partial charge on any atom is 0.407 e. The second-order valence-corrected chi connectivity index (χ2v) is 3.39. The van der Waals surface area contributed by atoms with Crippen LogP contribution in [0.5, 0.6) is 0 Å². The number of likely N-dealkylation sites (tertiary alicyclic amines) is 1. The number of likely N-dealkylation sites (N-methyl/N-ethyl adjacent to an activating group) is 1. The molecule has 0 saturated carbocycles. The van der Waals surface area contributed by atoms with Crippen molar-refractivity contribution in [3.63, 3.8) is 0 Å². The molecule has 1 rings (SSSR count). The van der Waals surface area contributed by atoms with Crippen LogP contribution < -0.4 is 0 Å². The van der Waals surface area contributed by atoms with Gasteiger partial charge in [-0.3, -0.25) is 4.90 Å². The van der Waals surface area contributed by atoms with Gasteiger partial charge in [0.1, 0.15) is 0 Å². The Bertz CT molecular complexity index is 189. The molecule has 1 N–H and O–H groups in total. The summed E-state index contributed by atoms with van der Waals surface area (Å²) in [6.07, 6.45) is 0.197. The molecule has 1 aliphatic rings. The van der Waals surface area contributed by atoms with E-state index in [1.54, 1.807) is 0 Å². The third-order valence-corrected chi connectivity index (χ3v) is 2.76. The highest BCUT2D eigenvalue weighted by Gasteiger charge is 2.28. The van der Waals surface area contributed by atoms with Crippen molar-refractivity contribution in [3.8, 4) is 0 Å². The molecule has 0 aromatic rings. The van der Waals surface area contributed by atoms with E-state index in [0.29, 0.717) is 19.1 Å². The zero-order chi connectivity index (χ0) is 9.84. The van der Waals surface area contributed by atoms with Gasteiger partial charge in [-0.2, -0.15) is 0 Å². The topological polar surface area (TPSA) is 43.8 Å². The molecule has 92 valence electrons. The summed E-state index contributed by atoms with van der Waals surface area (Å²) in [6.45, 7) is 7.62. The normalized spacial score (nSPS) is 19.7. The quantitative estimate of drug-likeness (QED) is 0.842. The molecule has 6 heteroatoms. The fourth-order valence-electron chi connectivity index (χ4n) is 1.95. The Morgan fingerprint density at radius 1 is 1.40 bits per heavy atom. The largest absolute Gasteiger partial charge is 0.465 e. The van der Waals surface area contributed by atoms with Crippen LogP contribution in [-0.2, 0) is 0 Å². The number of hydrogen-bond acceptors (Lipinski definition) is 2. The molecule has 1 amide bonds. The lowest BCUT2D eigenvalue weighted by atomic mass is 10.2. The summed E-state index contributed by atoms with van der Waals surface area (Å²) in [4.78, 5) is 14.5. The third-order valence-electron chi connectivity index (χ3n) is 2.76. The molecule has 1 heterocycles. The number of carbonyl (C=O) groups is 1. The Kier molecular flexibility index (Phi) is 9.20. The van der Waals surface area contributed by atoms with Crippen LogP contribution in [-0.4, -0.2) is 53.2 Å². The van der Waals surface area contributed by atoms with Gasteiger partial charge in [0.25, 0.3) is 0 Å². The van der Waals surface area contributed by atoms with E-state index in [1.165, 1.54) is 4.90 Å². The molecule has 1 saturated heterocycles. The van der Waals surface area contributed by atoms with E-state index in [9.17, 15) is 4.79 Å². The highest BCUT2D eigenvalue weighted by molar-refractivity contribution is 5.85. The molecule has 0 radical (unpaired) electrons. The van der Waals surface area contributed by atoms with Gasteiger partial charge in [0.15, 0.2) is 0 Å². The van der Waals surface area contributed by atoms with Crippen molar-refractivity contribution in [2.75, 3.05) is 26.2 Å². The average molecular weight is 259 g/mol. The second-order valence-electron chi connectivity index (χ2n) is 3.39. The summed E-state index contributed by atoms with van der Waals surface area (Å²) in [5.41, 5.74) is 0. The molecular weight excluding hydrogens is 239 g/mol. The van der Waals surface area contributed by atoms with Gasteiger partial charge < -0.3 is 10.0 Å². The minimum Gasteiger partial charge on any atom is -0.465 e. The third kappa shape index (κ3) is 4.45. The van der Waals surface area contributed by atoms with E-state index < -0.39 is 6.09 Å². The summed E-state index contributed by atoms with van der Waals surface area (Å²) in [7, 11) is 0. The van der Waals surface area contributed by atoms with Crippen molar-refractivity contribution in [2.45, 2.75) is 26.3 Å². The average Bonchev–Trinajstić information content (AvgIpc) is 2.56. The lowest BCUT2D eigenvalue weighted by Crippen LogP contribution is -2.38. The van der Waals surface area contributed by atoms with Crippen molar-refractivity contribution in [1.29, 1.82) is 0 Å². The van der Waals surface area contributed by atoms with Gasteiger partial charge in [-0.05, 0) is 19.5 Å². The molecule has 0 bridgehead atoms. The smallest absolute Gasteiger partial charge is 0.407 e. The summed E-state index contributed by atoms with van der Waals surface area (Å²) >= 11 is 0. The van der Waals surface area contributed by atoms with E-state index in [-0.39, 0.29) is 24.8 Å². The fourth-order valence-corrected chi connectivity index (χ4v) is 1.95. The summed E-state index contributed by atoms with van der Waals surface area (Å²) < 4.78 is 0. The molecule has 4 nitrogen and oxygen atoms in total. The monoisotopic (exact) mass is 258 g/mol. The number of nitrogens with zero attached hydrogens (tertiary/aromatic N) is 2. The number of carboxylic acid groups (broad SMARTS) is 1. The van der Waals surface area contributed by atoms with Crippen LogP contribution in [0.15, 0.2) is 0 Å². The molecule has 0 aromatic carbocycles. The molecule has 0 aromatic heterocycles.